The number of hydrogen-bond acceptors (Lipinski definition) is 3. The van der Waals surface area contributed by atoms with Crippen molar-refractivity contribution in [3.8, 4) is 5.75 Å². The molecule has 0 spiro atoms. The van der Waals surface area contributed by atoms with Crippen LogP contribution in [0, 0.1) is 23.7 Å². The Kier molecular flexibility index (Phi) is 5.22. The molecule has 4 saturated carbocycles. The van der Waals surface area contributed by atoms with Crippen LogP contribution in [0.3, 0.4) is 0 Å². The van der Waals surface area contributed by atoms with Gasteiger partial charge in [0.25, 0.3) is 0 Å². The first-order valence-electron chi connectivity index (χ1n) is 11.0. The van der Waals surface area contributed by atoms with Crippen LogP contribution in [0.1, 0.15) is 77.2 Å². The number of benzene rings is 1. The molecule has 27 heavy (non-hydrogen) atoms. The van der Waals surface area contributed by atoms with Crippen molar-refractivity contribution in [1.29, 1.82) is 0 Å². The van der Waals surface area contributed by atoms with E-state index in [1.54, 1.807) is 0 Å². The number of ether oxygens (including phenoxy) is 2. The van der Waals surface area contributed by atoms with Crippen molar-refractivity contribution < 1.29 is 14.3 Å². The number of hydrogen-bond donors (Lipinski definition) is 0. The lowest BCUT2D eigenvalue weighted by atomic mass is 9.49. The highest BCUT2D eigenvalue weighted by atomic mass is 16.6. The third kappa shape index (κ3) is 3.50. The van der Waals surface area contributed by atoms with Crippen molar-refractivity contribution in [3.63, 3.8) is 0 Å². The lowest BCUT2D eigenvalue weighted by molar-refractivity contribution is -0.212. The average Bonchev–Trinajstić information content (AvgIpc) is 2.68. The highest BCUT2D eigenvalue weighted by Gasteiger charge is 2.58. The Labute approximate surface area is 163 Å². The maximum Gasteiger partial charge on any atom is 0.344 e. The molecule has 3 nitrogen and oxygen atoms in total. The van der Waals surface area contributed by atoms with Gasteiger partial charge in [-0.05, 0) is 92.2 Å². The van der Waals surface area contributed by atoms with Gasteiger partial charge in [0.2, 0.25) is 0 Å². The summed E-state index contributed by atoms with van der Waals surface area (Å²) in [5.41, 5.74) is 1.08. The molecule has 0 radical (unpaired) electrons. The second-order valence-corrected chi connectivity index (χ2v) is 9.25. The summed E-state index contributed by atoms with van der Waals surface area (Å²) in [4.78, 5) is 12.6. The van der Waals surface area contributed by atoms with Gasteiger partial charge in [-0.2, -0.15) is 0 Å². The van der Waals surface area contributed by atoms with Crippen LogP contribution < -0.4 is 4.74 Å². The normalized spacial score (nSPS) is 35.1. The van der Waals surface area contributed by atoms with E-state index in [4.69, 9.17) is 9.47 Å². The van der Waals surface area contributed by atoms with Crippen LogP contribution in [0.5, 0.6) is 5.75 Å². The minimum Gasteiger partial charge on any atom is -0.482 e. The standard InChI is InChI=1S/C24H34O3/c1-4-16(3)19-6-8-22(9-7-19)26-15-23(25)27-24(5-2)20-11-17-10-18(13-20)14-21(24)12-17/h6-9,16-18,20-21H,4-5,10-15H2,1-3H3. The molecule has 4 aliphatic rings. The summed E-state index contributed by atoms with van der Waals surface area (Å²) in [5.74, 6) is 3.99. The SMILES string of the molecule is CCC(C)c1ccc(OCC(=O)OC2(CC)C3CC4CC(C3)CC2C4)cc1. The Morgan fingerprint density at radius 2 is 1.63 bits per heavy atom. The predicted molar refractivity (Wildman–Crippen MR) is 107 cm³/mol. The van der Waals surface area contributed by atoms with E-state index in [1.165, 1.54) is 37.7 Å². The van der Waals surface area contributed by atoms with E-state index in [2.05, 4.69) is 32.9 Å². The zero-order chi connectivity index (χ0) is 19.0. The van der Waals surface area contributed by atoms with Crippen LogP contribution in [0.15, 0.2) is 24.3 Å². The fourth-order valence-electron chi connectivity index (χ4n) is 6.31. The molecule has 0 heterocycles. The van der Waals surface area contributed by atoms with Gasteiger partial charge in [0.1, 0.15) is 11.4 Å². The minimum atomic E-state index is -0.228. The zero-order valence-electron chi connectivity index (χ0n) is 17.1. The number of carbonyl (C=O) groups is 1. The third-order valence-electron chi connectivity index (χ3n) is 7.79. The molecule has 3 heteroatoms. The van der Waals surface area contributed by atoms with Gasteiger partial charge in [-0.15, -0.1) is 0 Å². The summed E-state index contributed by atoms with van der Waals surface area (Å²) < 4.78 is 11.9. The van der Waals surface area contributed by atoms with Crippen molar-refractivity contribution in [2.75, 3.05) is 6.61 Å². The Morgan fingerprint density at radius 3 is 2.15 bits per heavy atom. The van der Waals surface area contributed by atoms with E-state index in [0.29, 0.717) is 17.8 Å². The van der Waals surface area contributed by atoms with Crippen molar-refractivity contribution in [2.45, 2.75) is 77.2 Å². The number of esters is 1. The molecule has 1 aromatic carbocycles. The van der Waals surface area contributed by atoms with E-state index in [9.17, 15) is 4.79 Å². The second kappa shape index (κ2) is 7.48. The maximum absolute atomic E-state index is 12.6. The molecule has 4 aliphatic carbocycles. The lowest BCUT2D eigenvalue weighted by Gasteiger charge is -2.60. The van der Waals surface area contributed by atoms with Crippen LogP contribution in [0.4, 0.5) is 0 Å². The van der Waals surface area contributed by atoms with Crippen LogP contribution in [0.25, 0.3) is 0 Å². The molecule has 148 valence electrons. The smallest absolute Gasteiger partial charge is 0.344 e. The Bertz CT molecular complexity index is 635. The number of rotatable bonds is 7. The summed E-state index contributed by atoms with van der Waals surface area (Å²) >= 11 is 0. The fourth-order valence-corrected chi connectivity index (χ4v) is 6.31. The average molecular weight is 371 g/mol. The van der Waals surface area contributed by atoms with Gasteiger partial charge in [0.05, 0.1) is 0 Å². The molecular formula is C24H34O3. The van der Waals surface area contributed by atoms with E-state index >= 15 is 0 Å². The first-order chi connectivity index (χ1) is 13.0. The second-order valence-electron chi connectivity index (χ2n) is 9.25. The van der Waals surface area contributed by atoms with Crippen molar-refractivity contribution in [3.05, 3.63) is 29.8 Å². The summed E-state index contributed by atoms with van der Waals surface area (Å²) in [5, 5.41) is 0. The van der Waals surface area contributed by atoms with Crippen LogP contribution in [-0.4, -0.2) is 18.2 Å². The Hall–Kier alpha value is -1.51. The van der Waals surface area contributed by atoms with Crippen LogP contribution in [-0.2, 0) is 9.53 Å². The highest BCUT2D eigenvalue weighted by Crippen LogP contribution is 2.60. The molecule has 1 aromatic rings. The molecule has 4 bridgehead atoms. The van der Waals surface area contributed by atoms with Crippen molar-refractivity contribution in [2.24, 2.45) is 23.7 Å². The molecule has 1 atom stereocenters. The maximum atomic E-state index is 12.6. The van der Waals surface area contributed by atoms with Crippen LogP contribution in [0.2, 0.25) is 0 Å². The van der Waals surface area contributed by atoms with Gasteiger partial charge >= 0.3 is 5.97 Å². The fraction of sp³-hybridized carbons (Fsp3) is 0.708. The van der Waals surface area contributed by atoms with Gasteiger partial charge in [-0.25, -0.2) is 4.79 Å². The Morgan fingerprint density at radius 1 is 1.04 bits per heavy atom. The predicted octanol–water partition coefficient (Wildman–Crippen LogP) is 5.73. The van der Waals surface area contributed by atoms with Crippen molar-refractivity contribution in [1.82, 2.24) is 0 Å². The molecule has 5 rings (SSSR count). The summed E-state index contributed by atoms with van der Waals surface area (Å²) in [6, 6.07) is 8.13. The molecule has 1 unspecified atom stereocenters. The van der Waals surface area contributed by atoms with E-state index in [-0.39, 0.29) is 18.2 Å². The highest BCUT2D eigenvalue weighted by molar-refractivity contribution is 5.71. The van der Waals surface area contributed by atoms with Crippen LogP contribution >= 0.6 is 0 Å². The van der Waals surface area contributed by atoms with E-state index < -0.39 is 0 Å². The number of carbonyl (C=O) groups excluding carboxylic acids is 1. The van der Waals surface area contributed by atoms with Gasteiger partial charge in [0, 0.05) is 0 Å². The molecule has 0 saturated heterocycles. The largest absolute Gasteiger partial charge is 0.482 e. The topological polar surface area (TPSA) is 35.5 Å². The monoisotopic (exact) mass is 370 g/mol. The molecule has 4 fully saturated rings. The van der Waals surface area contributed by atoms with Crippen molar-refractivity contribution >= 4 is 5.97 Å². The molecule has 0 amide bonds. The summed E-state index contributed by atoms with van der Waals surface area (Å²) in [6.45, 7) is 6.63. The first-order valence-corrected chi connectivity index (χ1v) is 11.0. The van der Waals surface area contributed by atoms with Gasteiger partial charge in [0.15, 0.2) is 6.61 Å². The summed E-state index contributed by atoms with van der Waals surface area (Å²) in [7, 11) is 0. The van der Waals surface area contributed by atoms with Gasteiger partial charge in [-0.1, -0.05) is 32.9 Å². The summed E-state index contributed by atoms with van der Waals surface area (Å²) in [6.07, 6.45) is 8.50. The molecule has 0 N–H and O–H groups in total. The van der Waals surface area contributed by atoms with Gasteiger partial charge in [-0.3, -0.25) is 0 Å². The lowest BCUT2D eigenvalue weighted by Crippen LogP contribution is -2.59. The molecule has 0 aliphatic heterocycles. The van der Waals surface area contributed by atoms with E-state index in [0.717, 1.165) is 30.4 Å². The third-order valence-corrected chi connectivity index (χ3v) is 7.79. The Balaban J connectivity index is 1.36. The van der Waals surface area contributed by atoms with Gasteiger partial charge < -0.3 is 9.47 Å². The molecular weight excluding hydrogens is 336 g/mol. The molecule has 0 aromatic heterocycles. The quantitative estimate of drug-likeness (QED) is 0.575. The zero-order valence-corrected chi connectivity index (χ0v) is 17.1. The van der Waals surface area contributed by atoms with E-state index in [1.807, 2.05) is 12.1 Å². The minimum absolute atomic E-state index is 0.0106. The first kappa shape index (κ1) is 18.8.